The molecule has 0 N–H and O–H groups in total. The average molecular weight is 316 g/mol. The van der Waals surface area contributed by atoms with Gasteiger partial charge >= 0.3 is 0 Å². The van der Waals surface area contributed by atoms with Crippen molar-refractivity contribution < 1.29 is 9.85 Å². The highest BCUT2D eigenvalue weighted by Crippen LogP contribution is 2.16. The zero-order valence-electron chi connectivity index (χ0n) is 13.5. The molecule has 6 heteroatoms. The Balaban J connectivity index is 0.000000231. The molecule has 0 atom stereocenters. The number of nitro groups is 2. The van der Waals surface area contributed by atoms with Gasteiger partial charge < -0.3 is 0 Å². The van der Waals surface area contributed by atoms with E-state index in [0.717, 1.165) is 29.5 Å². The summed E-state index contributed by atoms with van der Waals surface area (Å²) in [4.78, 5) is 20.0. The minimum absolute atomic E-state index is 0.171. The van der Waals surface area contributed by atoms with Crippen LogP contribution in [-0.2, 0) is 12.8 Å². The summed E-state index contributed by atoms with van der Waals surface area (Å²) < 4.78 is 0. The van der Waals surface area contributed by atoms with E-state index in [1.165, 1.54) is 6.07 Å². The Morgan fingerprint density at radius 2 is 1.39 bits per heavy atom. The quantitative estimate of drug-likeness (QED) is 0.608. The first-order valence-corrected chi connectivity index (χ1v) is 7.35. The molecule has 0 bridgehead atoms. The van der Waals surface area contributed by atoms with Gasteiger partial charge in [0, 0.05) is 24.3 Å². The average Bonchev–Trinajstić information content (AvgIpc) is 2.54. The van der Waals surface area contributed by atoms with Crippen LogP contribution in [0.1, 0.15) is 30.5 Å². The maximum atomic E-state index is 10.4. The predicted octanol–water partition coefficient (Wildman–Crippen LogP) is 4.62. The lowest BCUT2D eigenvalue weighted by molar-refractivity contribution is -0.385. The van der Waals surface area contributed by atoms with Crippen LogP contribution in [0.3, 0.4) is 0 Å². The fourth-order valence-electron chi connectivity index (χ4n) is 2.04. The molecule has 122 valence electrons. The van der Waals surface area contributed by atoms with Crippen LogP contribution in [0.15, 0.2) is 42.5 Å². The van der Waals surface area contributed by atoms with Crippen LogP contribution in [0.5, 0.6) is 0 Å². The lowest BCUT2D eigenvalue weighted by Crippen LogP contribution is -1.91. The molecule has 2 aromatic rings. The largest absolute Gasteiger partial charge is 0.269 e. The Bertz CT molecular complexity index is 699. The van der Waals surface area contributed by atoms with Gasteiger partial charge in [-0.25, -0.2) is 0 Å². The molecule has 0 aromatic heterocycles. The second kappa shape index (κ2) is 8.63. The highest BCUT2D eigenvalue weighted by Gasteiger charge is 2.06. The van der Waals surface area contributed by atoms with Crippen molar-refractivity contribution in [3.05, 3.63) is 79.4 Å². The molecule has 0 aliphatic rings. The van der Waals surface area contributed by atoms with E-state index < -0.39 is 0 Å². The number of nitrogens with zero attached hydrogens (tertiary/aromatic N) is 2. The van der Waals surface area contributed by atoms with E-state index >= 15 is 0 Å². The van der Waals surface area contributed by atoms with E-state index in [9.17, 15) is 20.2 Å². The van der Waals surface area contributed by atoms with Crippen molar-refractivity contribution in [3.8, 4) is 0 Å². The van der Waals surface area contributed by atoms with Crippen molar-refractivity contribution in [2.24, 2.45) is 0 Å². The summed E-state index contributed by atoms with van der Waals surface area (Å²) in [6, 6.07) is 11.8. The van der Waals surface area contributed by atoms with E-state index in [4.69, 9.17) is 0 Å². The molecule has 2 aromatic carbocycles. The summed E-state index contributed by atoms with van der Waals surface area (Å²) in [5.74, 6) is 0. The molecular formula is C17H20N2O4. The Labute approximate surface area is 135 Å². The molecule has 6 nitrogen and oxygen atoms in total. The fourth-order valence-corrected chi connectivity index (χ4v) is 2.04. The number of non-ortho nitro benzene ring substituents is 2. The molecule has 0 saturated carbocycles. The second-order valence-corrected chi connectivity index (χ2v) is 5.07. The van der Waals surface area contributed by atoms with Gasteiger partial charge in [-0.3, -0.25) is 20.2 Å². The first-order chi connectivity index (χ1) is 10.9. The first kappa shape index (κ1) is 18.3. The monoisotopic (exact) mass is 316 g/mol. The third-order valence-corrected chi connectivity index (χ3v) is 3.27. The standard InChI is InChI=1S/C9H11NO2.C8H9NO2/c1-3-8-4-7(2)5-9(6-8)10(11)12;1-2-7-4-3-5-8(6-7)9(10)11/h4-6H,3H2,1-2H3;3-6H,2H2,1H3. The predicted molar refractivity (Wildman–Crippen MR) is 89.7 cm³/mol. The molecule has 0 unspecified atom stereocenters. The van der Waals surface area contributed by atoms with E-state index in [1.807, 2.05) is 32.9 Å². The Morgan fingerprint density at radius 3 is 1.91 bits per heavy atom. The van der Waals surface area contributed by atoms with Gasteiger partial charge in [-0.15, -0.1) is 0 Å². The maximum absolute atomic E-state index is 10.4. The number of hydrogen-bond acceptors (Lipinski definition) is 4. The van der Waals surface area contributed by atoms with Crippen LogP contribution in [0.2, 0.25) is 0 Å². The van der Waals surface area contributed by atoms with Gasteiger partial charge in [0.2, 0.25) is 0 Å². The highest BCUT2D eigenvalue weighted by molar-refractivity contribution is 5.38. The van der Waals surface area contributed by atoms with Crippen LogP contribution in [0, 0.1) is 27.2 Å². The summed E-state index contributed by atoms with van der Waals surface area (Å²) in [5, 5.41) is 20.7. The summed E-state index contributed by atoms with van der Waals surface area (Å²) in [7, 11) is 0. The molecule has 0 amide bonds. The third kappa shape index (κ3) is 5.86. The molecule has 0 fully saturated rings. The highest BCUT2D eigenvalue weighted by atomic mass is 16.6. The molecule has 0 saturated heterocycles. The molecule has 0 aliphatic carbocycles. The number of aryl methyl sites for hydroxylation is 3. The minimum Gasteiger partial charge on any atom is -0.258 e. The van der Waals surface area contributed by atoms with Gasteiger partial charge in [-0.2, -0.15) is 0 Å². The van der Waals surface area contributed by atoms with E-state index in [-0.39, 0.29) is 21.2 Å². The zero-order valence-corrected chi connectivity index (χ0v) is 13.5. The summed E-state index contributed by atoms with van der Waals surface area (Å²) in [6.07, 6.45) is 1.67. The van der Waals surface area contributed by atoms with Gasteiger partial charge in [0.1, 0.15) is 0 Å². The smallest absolute Gasteiger partial charge is 0.258 e. The van der Waals surface area contributed by atoms with Gasteiger partial charge in [0.05, 0.1) is 9.85 Å². The van der Waals surface area contributed by atoms with E-state index in [1.54, 1.807) is 24.3 Å². The molecule has 0 spiro atoms. The normalized spacial score (nSPS) is 9.70. The van der Waals surface area contributed by atoms with Gasteiger partial charge in [-0.1, -0.05) is 32.0 Å². The molecule has 23 heavy (non-hydrogen) atoms. The van der Waals surface area contributed by atoms with E-state index in [2.05, 4.69) is 0 Å². The minimum atomic E-state index is -0.376. The van der Waals surface area contributed by atoms with Crippen molar-refractivity contribution in [2.45, 2.75) is 33.6 Å². The van der Waals surface area contributed by atoms with Crippen LogP contribution in [0.25, 0.3) is 0 Å². The van der Waals surface area contributed by atoms with Crippen molar-refractivity contribution in [3.63, 3.8) is 0 Å². The maximum Gasteiger partial charge on any atom is 0.269 e. The van der Waals surface area contributed by atoms with Gasteiger partial charge in [0.15, 0.2) is 0 Å². The van der Waals surface area contributed by atoms with Crippen LogP contribution >= 0.6 is 0 Å². The SMILES string of the molecule is CCc1cc(C)cc([N+](=O)[O-])c1.CCc1cccc([N+](=O)[O-])c1. The summed E-state index contributed by atoms with van der Waals surface area (Å²) in [6.45, 7) is 5.82. The van der Waals surface area contributed by atoms with Crippen molar-refractivity contribution in [1.82, 2.24) is 0 Å². The van der Waals surface area contributed by atoms with Crippen LogP contribution < -0.4 is 0 Å². The third-order valence-electron chi connectivity index (χ3n) is 3.27. The number of nitro benzene ring substituents is 2. The zero-order chi connectivity index (χ0) is 17.4. The van der Waals surface area contributed by atoms with Gasteiger partial charge in [-0.05, 0) is 36.5 Å². The number of hydrogen-bond donors (Lipinski definition) is 0. The number of rotatable bonds is 4. The fraction of sp³-hybridized carbons (Fsp3) is 0.294. The lowest BCUT2D eigenvalue weighted by Gasteiger charge is -1.98. The van der Waals surface area contributed by atoms with Crippen molar-refractivity contribution in [2.75, 3.05) is 0 Å². The number of benzene rings is 2. The van der Waals surface area contributed by atoms with Gasteiger partial charge in [0.25, 0.3) is 11.4 Å². The molecular weight excluding hydrogens is 296 g/mol. The summed E-state index contributed by atoms with van der Waals surface area (Å²) >= 11 is 0. The second-order valence-electron chi connectivity index (χ2n) is 5.07. The molecule has 0 radical (unpaired) electrons. The molecule has 2 rings (SSSR count). The molecule has 0 heterocycles. The Hall–Kier alpha value is -2.76. The lowest BCUT2D eigenvalue weighted by atomic mass is 10.1. The topological polar surface area (TPSA) is 86.3 Å². The van der Waals surface area contributed by atoms with Crippen LogP contribution in [-0.4, -0.2) is 9.85 Å². The first-order valence-electron chi connectivity index (χ1n) is 7.35. The van der Waals surface area contributed by atoms with Crippen molar-refractivity contribution >= 4 is 11.4 Å². The Morgan fingerprint density at radius 1 is 0.826 bits per heavy atom. The Kier molecular flexibility index (Phi) is 6.86. The van der Waals surface area contributed by atoms with Crippen LogP contribution in [0.4, 0.5) is 11.4 Å². The molecule has 0 aliphatic heterocycles. The summed E-state index contributed by atoms with van der Waals surface area (Å²) in [5.41, 5.74) is 3.32. The van der Waals surface area contributed by atoms with Crippen molar-refractivity contribution in [1.29, 1.82) is 0 Å². The van der Waals surface area contributed by atoms with E-state index in [0.29, 0.717) is 0 Å².